The van der Waals surface area contributed by atoms with Crippen LogP contribution in [0.2, 0.25) is 5.02 Å². The Hall–Kier alpha value is -2.74. The molecule has 2 aliphatic rings. The van der Waals surface area contributed by atoms with Crippen molar-refractivity contribution in [1.82, 2.24) is 29.3 Å². The molecule has 2 aromatic heterocycles. The Balaban J connectivity index is 1.37. The molecular weight excluding hydrogens is 550 g/mol. The summed E-state index contributed by atoms with van der Waals surface area (Å²) in [6.45, 7) is 1.30. The average molecular weight is 578 g/mol. The van der Waals surface area contributed by atoms with E-state index in [0.717, 1.165) is 25.7 Å². The lowest BCUT2D eigenvalue weighted by Gasteiger charge is -2.36. The van der Waals surface area contributed by atoms with E-state index in [9.17, 15) is 13.2 Å². The maximum atomic E-state index is 13.6. The zero-order valence-electron chi connectivity index (χ0n) is 20.9. The lowest BCUT2D eigenvalue weighted by atomic mass is 10.2. The summed E-state index contributed by atoms with van der Waals surface area (Å²) in [5, 5.41) is 13.0. The van der Waals surface area contributed by atoms with Crippen molar-refractivity contribution in [3.05, 3.63) is 57.7 Å². The predicted octanol–water partition coefficient (Wildman–Crippen LogP) is 2.77. The highest BCUT2D eigenvalue weighted by Gasteiger charge is 2.31. The smallest absolute Gasteiger partial charge is 0.316 e. The van der Waals surface area contributed by atoms with E-state index in [1.165, 1.54) is 26.9 Å². The Morgan fingerprint density at radius 1 is 1.13 bits per heavy atom. The highest BCUT2D eigenvalue weighted by molar-refractivity contribution is 7.98. The molecule has 0 unspecified atom stereocenters. The van der Waals surface area contributed by atoms with Gasteiger partial charge in [-0.2, -0.15) is 19.2 Å². The molecule has 1 aliphatic carbocycles. The Kier molecular flexibility index (Phi) is 8.17. The monoisotopic (exact) mass is 577 g/mol. The number of halogens is 1. The molecule has 11 nitrogen and oxygen atoms in total. The van der Waals surface area contributed by atoms with Crippen molar-refractivity contribution in [2.45, 2.75) is 42.7 Å². The number of hydrogen-bond donors (Lipinski definition) is 0. The molecule has 5 rings (SSSR count). The number of hydrogen-bond acceptors (Lipinski definition) is 10. The fraction of sp³-hybridized carbons (Fsp3) is 0.458. The van der Waals surface area contributed by atoms with Crippen molar-refractivity contribution in [3.63, 3.8) is 0 Å². The number of ether oxygens (including phenoxy) is 1. The molecule has 0 radical (unpaired) electrons. The molecule has 3 heterocycles. The predicted molar refractivity (Wildman–Crippen MR) is 146 cm³/mol. The summed E-state index contributed by atoms with van der Waals surface area (Å²) in [7, 11) is -3.61. The standard InChI is InChI=1S/C24H28ClN7O4S2/c1-37-24-28-18(14-26-29-24)16-38(34,35)31-11-9-30(10-12-31)21-15-27-32(19-6-4-5-17(25)13-19)23(33)22(21)36-20-7-2-3-8-20/h4-6,13-15,20H,2-3,7-12,16H2,1H3. The zero-order valence-corrected chi connectivity index (χ0v) is 23.3. The van der Waals surface area contributed by atoms with Crippen molar-refractivity contribution in [2.75, 3.05) is 37.3 Å². The van der Waals surface area contributed by atoms with Crippen molar-refractivity contribution in [2.24, 2.45) is 0 Å². The van der Waals surface area contributed by atoms with Gasteiger partial charge in [-0.25, -0.2) is 13.4 Å². The molecule has 0 bridgehead atoms. The quantitative estimate of drug-likeness (QED) is 0.369. The van der Waals surface area contributed by atoms with Gasteiger partial charge in [0.15, 0.2) is 0 Å². The van der Waals surface area contributed by atoms with Crippen LogP contribution in [0.15, 0.2) is 46.6 Å². The first-order valence-electron chi connectivity index (χ1n) is 12.3. The molecule has 202 valence electrons. The van der Waals surface area contributed by atoms with Gasteiger partial charge in [-0.3, -0.25) is 4.79 Å². The van der Waals surface area contributed by atoms with E-state index in [1.54, 1.807) is 36.7 Å². The zero-order chi connectivity index (χ0) is 26.7. The maximum absolute atomic E-state index is 13.6. The second-order valence-electron chi connectivity index (χ2n) is 9.16. The van der Waals surface area contributed by atoms with E-state index in [4.69, 9.17) is 16.3 Å². The van der Waals surface area contributed by atoms with Crippen molar-refractivity contribution < 1.29 is 13.2 Å². The number of nitrogens with zero attached hydrogens (tertiary/aromatic N) is 7. The van der Waals surface area contributed by atoms with Crippen molar-refractivity contribution >= 4 is 39.1 Å². The summed E-state index contributed by atoms with van der Waals surface area (Å²) >= 11 is 7.45. The number of benzene rings is 1. The van der Waals surface area contributed by atoms with Crippen LogP contribution in [0.4, 0.5) is 5.69 Å². The molecule has 1 aromatic carbocycles. The third-order valence-electron chi connectivity index (χ3n) is 6.63. The lowest BCUT2D eigenvalue weighted by Crippen LogP contribution is -2.49. The third-order valence-corrected chi connectivity index (χ3v) is 9.21. The van der Waals surface area contributed by atoms with Gasteiger partial charge in [-0.1, -0.05) is 29.4 Å². The number of thioether (sulfide) groups is 1. The molecule has 0 atom stereocenters. The molecule has 1 aliphatic heterocycles. The highest BCUT2D eigenvalue weighted by Crippen LogP contribution is 2.30. The van der Waals surface area contributed by atoms with Gasteiger partial charge in [-0.15, -0.1) is 5.10 Å². The summed E-state index contributed by atoms with van der Waals surface area (Å²) in [6.07, 6.45) is 8.66. The topological polar surface area (TPSA) is 123 Å². The Morgan fingerprint density at radius 3 is 2.61 bits per heavy atom. The molecular formula is C24H28ClN7O4S2. The first kappa shape index (κ1) is 26.9. The molecule has 0 N–H and O–H groups in total. The van der Waals surface area contributed by atoms with Crippen molar-refractivity contribution in [3.8, 4) is 11.4 Å². The van der Waals surface area contributed by atoms with Gasteiger partial charge in [0.05, 0.1) is 29.9 Å². The van der Waals surface area contributed by atoms with Gasteiger partial charge >= 0.3 is 5.56 Å². The van der Waals surface area contributed by atoms with Gasteiger partial charge in [0, 0.05) is 31.2 Å². The van der Waals surface area contributed by atoms with E-state index in [-0.39, 0.29) is 36.3 Å². The summed E-state index contributed by atoms with van der Waals surface area (Å²) in [5.74, 6) is -0.0107. The van der Waals surface area contributed by atoms with Crippen LogP contribution in [0.25, 0.3) is 5.69 Å². The normalized spacial score (nSPS) is 17.2. The first-order chi connectivity index (χ1) is 18.3. The maximum Gasteiger partial charge on any atom is 0.316 e. The Labute approximate surface area is 230 Å². The van der Waals surface area contributed by atoms with Gasteiger partial charge in [0.1, 0.15) is 11.4 Å². The van der Waals surface area contributed by atoms with Crippen molar-refractivity contribution in [1.29, 1.82) is 0 Å². The molecule has 3 aromatic rings. The van der Waals surface area contributed by atoms with Gasteiger partial charge < -0.3 is 9.64 Å². The highest BCUT2D eigenvalue weighted by atomic mass is 35.5. The van der Waals surface area contributed by atoms with E-state index in [0.29, 0.717) is 40.3 Å². The van der Waals surface area contributed by atoms with Crippen LogP contribution in [0.1, 0.15) is 31.4 Å². The molecule has 0 spiro atoms. The third kappa shape index (κ3) is 5.95. The number of aromatic nitrogens is 5. The largest absolute Gasteiger partial charge is 0.483 e. The van der Waals surface area contributed by atoms with Gasteiger partial charge in [-0.05, 0) is 50.1 Å². The second-order valence-corrected chi connectivity index (χ2v) is 12.3. The van der Waals surface area contributed by atoms with E-state index in [1.807, 2.05) is 4.90 Å². The summed E-state index contributed by atoms with van der Waals surface area (Å²) in [4.78, 5) is 19.8. The molecule has 1 saturated carbocycles. The van der Waals surface area contributed by atoms with E-state index < -0.39 is 10.0 Å². The SMILES string of the molecule is CSc1nncc(CS(=O)(=O)N2CCN(c3cnn(-c4cccc(Cl)c4)c(=O)c3OC3CCCC3)CC2)n1. The van der Waals surface area contributed by atoms with Gasteiger partial charge in [0.2, 0.25) is 20.9 Å². The van der Waals surface area contributed by atoms with Crippen LogP contribution >= 0.6 is 23.4 Å². The lowest BCUT2D eigenvalue weighted by molar-refractivity contribution is 0.205. The van der Waals surface area contributed by atoms with Crippen LogP contribution < -0.4 is 15.2 Å². The minimum atomic E-state index is -3.61. The molecule has 1 saturated heterocycles. The van der Waals surface area contributed by atoms with Crippen LogP contribution in [0, 0.1) is 0 Å². The first-order valence-corrected chi connectivity index (χ1v) is 15.6. The van der Waals surface area contributed by atoms with E-state index in [2.05, 4.69) is 20.3 Å². The summed E-state index contributed by atoms with van der Waals surface area (Å²) in [5.41, 5.74) is 1.10. The minimum Gasteiger partial charge on any atom is -0.483 e. The van der Waals surface area contributed by atoms with Crippen LogP contribution in [-0.2, 0) is 15.8 Å². The summed E-state index contributed by atoms with van der Waals surface area (Å²) in [6, 6.07) is 6.93. The fourth-order valence-corrected chi connectivity index (χ4v) is 6.63. The number of piperazine rings is 1. The molecule has 14 heteroatoms. The number of sulfonamides is 1. The van der Waals surface area contributed by atoms with E-state index >= 15 is 0 Å². The van der Waals surface area contributed by atoms with Crippen LogP contribution in [-0.4, -0.2) is 76.2 Å². The Bertz CT molecular complexity index is 1460. The number of anilines is 1. The second kappa shape index (κ2) is 11.6. The Morgan fingerprint density at radius 2 is 1.89 bits per heavy atom. The molecule has 2 fully saturated rings. The van der Waals surface area contributed by atoms with Crippen LogP contribution in [0.3, 0.4) is 0 Å². The summed E-state index contributed by atoms with van der Waals surface area (Å²) < 4.78 is 35.2. The van der Waals surface area contributed by atoms with Crippen LogP contribution in [0.5, 0.6) is 5.75 Å². The molecule has 38 heavy (non-hydrogen) atoms. The fourth-order valence-electron chi connectivity index (χ4n) is 4.69. The number of rotatable bonds is 8. The van der Waals surface area contributed by atoms with Gasteiger partial charge in [0.25, 0.3) is 0 Å². The average Bonchev–Trinajstić information content (AvgIpc) is 3.43. The molecule has 0 amide bonds. The minimum absolute atomic E-state index is 0.0361.